The molecule has 0 aliphatic rings. The number of para-hydroxylation sites is 1. The fourth-order valence-electron chi connectivity index (χ4n) is 2.09. The third kappa shape index (κ3) is 4.34. The Balaban J connectivity index is 2.85. The van der Waals surface area contributed by atoms with E-state index in [9.17, 15) is 0 Å². The average Bonchev–Trinajstić information content (AvgIpc) is 2.29. The first-order valence-electron chi connectivity index (χ1n) is 6.94. The Bertz CT molecular complexity index is 358. The Kier molecular flexibility index (Phi) is 5.67. The number of rotatable bonds is 7. The molecule has 0 aromatic heterocycles. The van der Waals surface area contributed by atoms with Gasteiger partial charge in [0.25, 0.3) is 0 Å². The first-order valence-corrected chi connectivity index (χ1v) is 6.94. The third-order valence-corrected chi connectivity index (χ3v) is 3.16. The smallest absolute Gasteiger partial charge is 0.123 e. The van der Waals surface area contributed by atoms with Gasteiger partial charge in [0.15, 0.2) is 0 Å². The van der Waals surface area contributed by atoms with Crippen LogP contribution in [-0.4, -0.2) is 19.2 Å². The van der Waals surface area contributed by atoms with Crippen LogP contribution in [0.25, 0.3) is 0 Å². The van der Waals surface area contributed by atoms with Gasteiger partial charge in [0.05, 0.1) is 6.10 Å². The predicted octanol–water partition coefficient (Wildman–Crippen LogP) is 3.75. The van der Waals surface area contributed by atoms with Crippen LogP contribution < -0.4 is 10.1 Å². The minimum atomic E-state index is 0.133. The summed E-state index contributed by atoms with van der Waals surface area (Å²) in [6.45, 7) is 12.9. The summed E-state index contributed by atoms with van der Waals surface area (Å²) in [5.74, 6) is 1.02. The molecule has 0 amide bonds. The highest BCUT2D eigenvalue weighted by molar-refractivity contribution is 5.39. The molecule has 2 heteroatoms. The Morgan fingerprint density at radius 2 is 1.89 bits per heavy atom. The van der Waals surface area contributed by atoms with Gasteiger partial charge < -0.3 is 10.1 Å². The fraction of sp³-hybridized carbons (Fsp3) is 0.625. The Labute approximate surface area is 112 Å². The first kappa shape index (κ1) is 15.0. The van der Waals surface area contributed by atoms with E-state index in [0.29, 0.717) is 0 Å². The summed E-state index contributed by atoms with van der Waals surface area (Å²) >= 11 is 0. The fourth-order valence-corrected chi connectivity index (χ4v) is 2.09. The van der Waals surface area contributed by atoms with Crippen LogP contribution in [0, 0.1) is 0 Å². The maximum Gasteiger partial charge on any atom is 0.123 e. The second-order valence-corrected chi connectivity index (χ2v) is 5.65. The maximum atomic E-state index is 5.92. The quantitative estimate of drug-likeness (QED) is 0.743. The highest BCUT2D eigenvalue weighted by Crippen LogP contribution is 2.34. The Morgan fingerprint density at radius 3 is 2.50 bits per heavy atom. The Hall–Kier alpha value is -1.02. The molecule has 0 bridgehead atoms. The van der Waals surface area contributed by atoms with Crippen LogP contribution >= 0.6 is 0 Å². The van der Waals surface area contributed by atoms with Crippen molar-refractivity contribution in [3.05, 3.63) is 29.8 Å². The highest BCUT2D eigenvalue weighted by Gasteiger charge is 2.24. The van der Waals surface area contributed by atoms with Crippen molar-refractivity contribution in [1.82, 2.24) is 5.32 Å². The van der Waals surface area contributed by atoms with E-state index in [4.69, 9.17) is 4.74 Å². The van der Waals surface area contributed by atoms with E-state index in [1.165, 1.54) is 5.56 Å². The lowest BCUT2D eigenvalue weighted by Gasteiger charge is -2.28. The molecule has 2 nitrogen and oxygen atoms in total. The van der Waals surface area contributed by atoms with Gasteiger partial charge in [0.1, 0.15) is 5.75 Å². The average molecular weight is 249 g/mol. The van der Waals surface area contributed by atoms with Gasteiger partial charge in [-0.1, -0.05) is 39.0 Å². The molecule has 1 N–H and O–H groups in total. The van der Waals surface area contributed by atoms with Crippen molar-refractivity contribution in [3.8, 4) is 5.75 Å². The second-order valence-electron chi connectivity index (χ2n) is 5.65. The van der Waals surface area contributed by atoms with Gasteiger partial charge in [-0.05, 0) is 50.4 Å². The molecule has 0 aliphatic carbocycles. The number of hydrogen-bond donors (Lipinski definition) is 1. The van der Waals surface area contributed by atoms with Crippen LogP contribution in [0.15, 0.2) is 24.3 Å². The van der Waals surface area contributed by atoms with Crippen molar-refractivity contribution >= 4 is 0 Å². The molecule has 0 spiro atoms. The lowest BCUT2D eigenvalue weighted by molar-refractivity contribution is 0.235. The standard InChI is InChI=1S/C16H27NO/c1-6-17-12-11-16(4,5)14-9-7-8-10-15(14)18-13(2)3/h7-10,13,17H,6,11-12H2,1-5H3. The molecule has 0 radical (unpaired) electrons. The number of nitrogens with one attached hydrogen (secondary N) is 1. The lowest BCUT2D eigenvalue weighted by atomic mass is 9.81. The largest absolute Gasteiger partial charge is 0.491 e. The van der Waals surface area contributed by atoms with Crippen molar-refractivity contribution in [2.75, 3.05) is 13.1 Å². The van der Waals surface area contributed by atoms with E-state index >= 15 is 0 Å². The number of ether oxygens (including phenoxy) is 1. The number of benzene rings is 1. The molecule has 1 aromatic rings. The third-order valence-electron chi connectivity index (χ3n) is 3.16. The summed E-state index contributed by atoms with van der Waals surface area (Å²) in [6, 6.07) is 8.40. The van der Waals surface area contributed by atoms with Crippen LogP contribution in [-0.2, 0) is 5.41 Å². The summed E-state index contributed by atoms with van der Waals surface area (Å²) in [5.41, 5.74) is 1.44. The van der Waals surface area contributed by atoms with Crippen molar-refractivity contribution in [2.24, 2.45) is 0 Å². The van der Waals surface area contributed by atoms with E-state index in [0.717, 1.165) is 25.3 Å². The van der Waals surface area contributed by atoms with Crippen molar-refractivity contribution in [3.63, 3.8) is 0 Å². The predicted molar refractivity (Wildman–Crippen MR) is 78.4 cm³/mol. The van der Waals surface area contributed by atoms with Crippen LogP contribution in [0.3, 0.4) is 0 Å². The molecule has 0 fully saturated rings. The molecule has 102 valence electrons. The summed E-state index contributed by atoms with van der Waals surface area (Å²) < 4.78 is 5.92. The van der Waals surface area contributed by atoms with E-state index in [2.05, 4.69) is 58.1 Å². The second kappa shape index (κ2) is 6.79. The van der Waals surface area contributed by atoms with Crippen LogP contribution in [0.2, 0.25) is 0 Å². The van der Waals surface area contributed by atoms with Gasteiger partial charge in [-0.15, -0.1) is 0 Å². The molecular formula is C16H27NO. The van der Waals surface area contributed by atoms with Gasteiger partial charge in [-0.3, -0.25) is 0 Å². The lowest BCUT2D eigenvalue weighted by Crippen LogP contribution is -2.26. The van der Waals surface area contributed by atoms with Gasteiger partial charge in [0, 0.05) is 0 Å². The van der Waals surface area contributed by atoms with Gasteiger partial charge in [0.2, 0.25) is 0 Å². The summed E-state index contributed by atoms with van der Waals surface area (Å²) in [6.07, 6.45) is 1.33. The first-order chi connectivity index (χ1) is 8.47. The van der Waals surface area contributed by atoms with Gasteiger partial charge >= 0.3 is 0 Å². The molecule has 1 aromatic carbocycles. The van der Waals surface area contributed by atoms with Crippen LogP contribution in [0.1, 0.15) is 46.6 Å². The van der Waals surface area contributed by atoms with E-state index in [1.807, 2.05) is 6.07 Å². The highest BCUT2D eigenvalue weighted by atomic mass is 16.5. The van der Waals surface area contributed by atoms with Crippen molar-refractivity contribution in [1.29, 1.82) is 0 Å². The minimum Gasteiger partial charge on any atom is -0.491 e. The van der Waals surface area contributed by atoms with Crippen molar-refractivity contribution < 1.29 is 4.74 Å². The molecule has 0 saturated carbocycles. The molecule has 0 heterocycles. The summed E-state index contributed by atoms with van der Waals surface area (Å²) in [4.78, 5) is 0. The topological polar surface area (TPSA) is 21.3 Å². The monoisotopic (exact) mass is 249 g/mol. The molecule has 18 heavy (non-hydrogen) atoms. The zero-order valence-electron chi connectivity index (χ0n) is 12.4. The molecule has 0 saturated heterocycles. The molecule has 0 unspecified atom stereocenters. The summed E-state index contributed by atoms with van der Waals surface area (Å²) in [5, 5.41) is 3.39. The molecule has 0 atom stereocenters. The van der Waals surface area contributed by atoms with Gasteiger partial charge in [-0.25, -0.2) is 0 Å². The van der Waals surface area contributed by atoms with E-state index < -0.39 is 0 Å². The Morgan fingerprint density at radius 1 is 1.22 bits per heavy atom. The van der Waals surface area contributed by atoms with E-state index in [1.54, 1.807) is 0 Å². The van der Waals surface area contributed by atoms with Crippen LogP contribution in [0.4, 0.5) is 0 Å². The minimum absolute atomic E-state index is 0.133. The molecule has 1 rings (SSSR count). The number of hydrogen-bond acceptors (Lipinski definition) is 2. The van der Waals surface area contributed by atoms with E-state index in [-0.39, 0.29) is 11.5 Å². The van der Waals surface area contributed by atoms with Crippen LogP contribution in [0.5, 0.6) is 5.75 Å². The van der Waals surface area contributed by atoms with Gasteiger partial charge in [-0.2, -0.15) is 0 Å². The summed E-state index contributed by atoms with van der Waals surface area (Å²) in [7, 11) is 0. The zero-order chi connectivity index (χ0) is 13.6. The normalized spacial score (nSPS) is 11.9. The molecular weight excluding hydrogens is 222 g/mol. The zero-order valence-corrected chi connectivity index (χ0v) is 12.4. The molecule has 0 aliphatic heterocycles. The SMILES string of the molecule is CCNCCC(C)(C)c1ccccc1OC(C)C. The maximum absolute atomic E-state index is 5.92. The van der Waals surface area contributed by atoms with Crippen molar-refractivity contribution in [2.45, 2.75) is 52.6 Å².